The molecule has 1 heterocycles. The second-order valence-electron chi connectivity index (χ2n) is 7.76. The molecule has 0 atom stereocenters. The summed E-state index contributed by atoms with van der Waals surface area (Å²) in [5.74, 6) is -1.19. The summed E-state index contributed by atoms with van der Waals surface area (Å²) in [4.78, 5) is 39.9. The quantitative estimate of drug-likeness (QED) is 0.598. The summed E-state index contributed by atoms with van der Waals surface area (Å²) in [6.45, 7) is 5.08. The maximum Gasteiger partial charge on any atom is 0.416 e. The van der Waals surface area contributed by atoms with Gasteiger partial charge in [-0.2, -0.15) is 13.2 Å². The number of anilines is 1. The van der Waals surface area contributed by atoms with Crippen LogP contribution in [0.15, 0.2) is 42.6 Å². The van der Waals surface area contributed by atoms with Crippen LogP contribution in [0.5, 0.6) is 0 Å². The number of rotatable bonds is 5. The molecule has 0 radical (unpaired) electrons. The van der Waals surface area contributed by atoms with Crippen molar-refractivity contribution in [2.45, 2.75) is 45.4 Å². The maximum atomic E-state index is 12.7. The van der Waals surface area contributed by atoms with Crippen molar-refractivity contribution in [2.24, 2.45) is 0 Å². The molecule has 8 nitrogen and oxygen atoms in total. The molecule has 0 unspecified atom stereocenters. The number of amides is 3. The van der Waals surface area contributed by atoms with Crippen LogP contribution in [0.1, 0.15) is 48.7 Å². The van der Waals surface area contributed by atoms with Crippen molar-refractivity contribution >= 4 is 23.7 Å². The molecular weight excluding hydrogens is 429 g/mol. The molecule has 172 valence electrons. The largest absolute Gasteiger partial charge is 0.444 e. The molecule has 11 heteroatoms. The topological polar surface area (TPSA) is 109 Å². The number of benzene rings is 1. The lowest BCUT2D eigenvalue weighted by Crippen LogP contribution is -2.41. The van der Waals surface area contributed by atoms with Gasteiger partial charge in [-0.25, -0.2) is 9.78 Å². The first-order valence-electron chi connectivity index (χ1n) is 9.55. The second-order valence-corrected chi connectivity index (χ2v) is 7.76. The van der Waals surface area contributed by atoms with E-state index in [1.165, 1.54) is 30.5 Å². The number of aromatic nitrogens is 1. The number of nitrogens with zero attached hydrogens (tertiary/aromatic N) is 1. The molecule has 0 aliphatic heterocycles. The van der Waals surface area contributed by atoms with E-state index in [1.807, 2.05) is 0 Å². The van der Waals surface area contributed by atoms with Gasteiger partial charge >= 0.3 is 12.3 Å². The lowest BCUT2D eigenvalue weighted by atomic mass is 10.1. The summed E-state index contributed by atoms with van der Waals surface area (Å²) in [6.07, 6.45) is -4.00. The van der Waals surface area contributed by atoms with Crippen LogP contribution in [0, 0.1) is 0 Å². The first kappa shape index (κ1) is 24.6. The van der Waals surface area contributed by atoms with Gasteiger partial charge in [0.05, 0.1) is 5.56 Å². The minimum absolute atomic E-state index is 0.0604. The Labute approximate surface area is 182 Å². The lowest BCUT2D eigenvalue weighted by molar-refractivity contribution is -0.137. The van der Waals surface area contributed by atoms with Crippen LogP contribution < -0.4 is 16.2 Å². The third-order valence-electron chi connectivity index (χ3n) is 3.86. The van der Waals surface area contributed by atoms with Crippen LogP contribution in [0.25, 0.3) is 0 Å². The van der Waals surface area contributed by atoms with Crippen LogP contribution in [0.3, 0.4) is 0 Å². The molecule has 0 bridgehead atoms. The Morgan fingerprint density at radius 3 is 2.41 bits per heavy atom. The standard InChI is InChI=1S/C21H23F3N4O4/c1-20(2,3)32-19(31)26-16-12-14(9-10-25-16)18(30)28-27-17(29)8-7-13-5-4-6-15(11-13)21(22,23)24/h4-6,9-12H,7-8H2,1-3H3,(H,27,29)(H,28,30)(H,25,26,31). The van der Waals surface area contributed by atoms with Crippen LogP contribution in [-0.2, 0) is 22.1 Å². The molecule has 0 spiro atoms. The van der Waals surface area contributed by atoms with Gasteiger partial charge in [0.25, 0.3) is 5.91 Å². The Morgan fingerprint density at radius 1 is 1.03 bits per heavy atom. The number of nitrogens with one attached hydrogen (secondary N) is 3. The second kappa shape index (κ2) is 10.1. The molecular formula is C21H23F3N4O4. The average molecular weight is 452 g/mol. The van der Waals surface area contributed by atoms with E-state index in [1.54, 1.807) is 20.8 Å². The third-order valence-corrected chi connectivity index (χ3v) is 3.86. The van der Waals surface area contributed by atoms with Crippen molar-refractivity contribution in [1.82, 2.24) is 15.8 Å². The number of alkyl halides is 3. The Hall–Kier alpha value is -3.63. The summed E-state index contributed by atoms with van der Waals surface area (Å²) in [7, 11) is 0. The SMILES string of the molecule is CC(C)(C)OC(=O)Nc1cc(C(=O)NNC(=O)CCc2cccc(C(F)(F)F)c2)ccn1. The van der Waals surface area contributed by atoms with E-state index in [0.29, 0.717) is 5.56 Å². The summed E-state index contributed by atoms with van der Waals surface area (Å²) in [5, 5.41) is 2.39. The summed E-state index contributed by atoms with van der Waals surface area (Å²) >= 11 is 0. The van der Waals surface area contributed by atoms with Crippen LogP contribution >= 0.6 is 0 Å². The molecule has 0 aliphatic carbocycles. The molecule has 1 aromatic carbocycles. The van der Waals surface area contributed by atoms with E-state index < -0.39 is 35.2 Å². The molecule has 0 aliphatic rings. The zero-order valence-electron chi connectivity index (χ0n) is 17.7. The van der Waals surface area contributed by atoms with Gasteiger partial charge in [-0.15, -0.1) is 0 Å². The Balaban J connectivity index is 1.86. The monoisotopic (exact) mass is 452 g/mol. The zero-order valence-corrected chi connectivity index (χ0v) is 17.7. The fraction of sp³-hybridized carbons (Fsp3) is 0.333. The van der Waals surface area contributed by atoms with E-state index in [2.05, 4.69) is 21.2 Å². The van der Waals surface area contributed by atoms with Crippen LogP contribution in [0.4, 0.5) is 23.8 Å². The summed E-state index contributed by atoms with van der Waals surface area (Å²) in [5.41, 5.74) is 3.33. The highest BCUT2D eigenvalue weighted by Gasteiger charge is 2.30. The predicted octanol–water partition coefficient (Wildman–Crippen LogP) is 3.84. The number of pyridine rings is 1. The molecule has 2 aromatic rings. The summed E-state index contributed by atoms with van der Waals surface area (Å²) < 4.78 is 43.3. The van der Waals surface area contributed by atoms with Gasteiger partial charge in [-0.3, -0.25) is 25.8 Å². The fourth-order valence-electron chi connectivity index (χ4n) is 2.47. The van der Waals surface area contributed by atoms with Crippen molar-refractivity contribution in [2.75, 3.05) is 5.32 Å². The highest BCUT2D eigenvalue weighted by molar-refractivity contribution is 5.96. The van der Waals surface area contributed by atoms with E-state index in [-0.39, 0.29) is 24.2 Å². The number of halogens is 3. The molecule has 2 rings (SSSR count). The molecule has 32 heavy (non-hydrogen) atoms. The first-order valence-corrected chi connectivity index (χ1v) is 9.55. The van der Waals surface area contributed by atoms with Gasteiger partial charge in [0, 0.05) is 18.2 Å². The number of carbonyl (C=O) groups is 3. The summed E-state index contributed by atoms with van der Waals surface area (Å²) in [6, 6.07) is 7.33. The minimum atomic E-state index is -4.46. The maximum absolute atomic E-state index is 12.7. The van der Waals surface area contributed by atoms with Gasteiger partial charge in [0.15, 0.2) is 0 Å². The van der Waals surface area contributed by atoms with Crippen molar-refractivity contribution in [1.29, 1.82) is 0 Å². The molecule has 3 N–H and O–H groups in total. The number of hydrazine groups is 1. The first-order chi connectivity index (χ1) is 14.8. The van der Waals surface area contributed by atoms with Crippen LogP contribution in [0.2, 0.25) is 0 Å². The highest BCUT2D eigenvalue weighted by Crippen LogP contribution is 2.29. The third kappa shape index (κ3) is 8.25. The molecule has 3 amide bonds. The van der Waals surface area contributed by atoms with Gasteiger partial charge in [0.1, 0.15) is 11.4 Å². The van der Waals surface area contributed by atoms with E-state index >= 15 is 0 Å². The van der Waals surface area contributed by atoms with Gasteiger partial charge < -0.3 is 4.74 Å². The Kier molecular flexibility index (Phi) is 7.79. The van der Waals surface area contributed by atoms with Crippen molar-refractivity contribution in [3.8, 4) is 0 Å². The molecule has 0 saturated heterocycles. The Morgan fingerprint density at radius 2 is 1.75 bits per heavy atom. The number of aryl methyl sites for hydroxylation is 1. The molecule has 1 aromatic heterocycles. The van der Waals surface area contributed by atoms with E-state index in [4.69, 9.17) is 4.74 Å². The van der Waals surface area contributed by atoms with Gasteiger partial charge in [-0.1, -0.05) is 18.2 Å². The smallest absolute Gasteiger partial charge is 0.416 e. The van der Waals surface area contributed by atoms with Gasteiger partial charge in [-0.05, 0) is 51.0 Å². The molecule has 0 saturated carbocycles. The predicted molar refractivity (Wildman–Crippen MR) is 109 cm³/mol. The Bertz CT molecular complexity index is 987. The van der Waals surface area contributed by atoms with Crippen molar-refractivity contribution in [3.63, 3.8) is 0 Å². The fourth-order valence-corrected chi connectivity index (χ4v) is 2.47. The number of hydrogen-bond acceptors (Lipinski definition) is 5. The van der Waals surface area contributed by atoms with E-state index in [0.717, 1.165) is 12.1 Å². The average Bonchev–Trinajstić information content (AvgIpc) is 2.68. The number of hydrogen-bond donors (Lipinski definition) is 3. The van der Waals surface area contributed by atoms with Gasteiger partial charge in [0.2, 0.25) is 5.91 Å². The normalized spacial score (nSPS) is 11.4. The molecule has 0 fully saturated rings. The highest BCUT2D eigenvalue weighted by atomic mass is 19.4. The number of ether oxygens (including phenoxy) is 1. The van der Waals surface area contributed by atoms with Crippen LogP contribution in [-0.4, -0.2) is 28.5 Å². The lowest BCUT2D eigenvalue weighted by Gasteiger charge is -2.19. The zero-order chi connectivity index (χ0) is 23.9. The number of carbonyl (C=O) groups excluding carboxylic acids is 3. The minimum Gasteiger partial charge on any atom is -0.444 e. The van der Waals surface area contributed by atoms with E-state index in [9.17, 15) is 27.6 Å². The van der Waals surface area contributed by atoms with Crippen molar-refractivity contribution in [3.05, 3.63) is 59.3 Å². The van der Waals surface area contributed by atoms with Crippen molar-refractivity contribution < 1.29 is 32.3 Å².